The predicted octanol–water partition coefficient (Wildman–Crippen LogP) is 4.23. The number of rotatable bonds is 4. The number of amides is 1. The molecule has 0 fully saturated rings. The Kier molecular flexibility index (Phi) is 5.25. The standard InChI is InChI=1S/C16H18ClF3N2O2/c1-10(2)3-8-13-9-15(24,16(18,19)20)22(21-13)14(23)11-4-6-12(17)7-5-11/h4-7,10,24H,3,8-9H2,1-2H3/t15-/m1/s1. The van der Waals surface area contributed by atoms with Gasteiger partial charge in [-0.15, -0.1) is 0 Å². The monoisotopic (exact) mass is 362 g/mol. The normalized spacial score (nSPS) is 21.3. The Balaban J connectivity index is 2.33. The van der Waals surface area contributed by atoms with Crippen LogP contribution in [0.15, 0.2) is 29.4 Å². The fourth-order valence-electron chi connectivity index (χ4n) is 2.36. The van der Waals surface area contributed by atoms with Crippen LogP contribution in [0.25, 0.3) is 0 Å². The number of halogens is 4. The van der Waals surface area contributed by atoms with Crippen molar-refractivity contribution in [3.05, 3.63) is 34.9 Å². The maximum atomic E-state index is 13.4. The Labute approximate surface area is 142 Å². The van der Waals surface area contributed by atoms with Gasteiger partial charge in [-0.25, -0.2) is 0 Å². The Morgan fingerprint density at radius 2 is 1.96 bits per heavy atom. The molecule has 2 rings (SSSR count). The maximum Gasteiger partial charge on any atom is 0.438 e. The lowest BCUT2D eigenvalue weighted by Gasteiger charge is -2.32. The highest BCUT2D eigenvalue weighted by molar-refractivity contribution is 6.30. The van der Waals surface area contributed by atoms with Gasteiger partial charge in [-0.2, -0.15) is 23.3 Å². The number of hydrogen-bond donors (Lipinski definition) is 1. The van der Waals surface area contributed by atoms with Crippen molar-refractivity contribution in [2.24, 2.45) is 11.0 Å². The Bertz CT molecular complexity index is 644. The molecule has 0 unspecified atom stereocenters. The van der Waals surface area contributed by atoms with Crippen LogP contribution in [0.1, 0.15) is 43.5 Å². The van der Waals surface area contributed by atoms with E-state index in [4.69, 9.17) is 11.6 Å². The minimum Gasteiger partial charge on any atom is -0.362 e. The van der Waals surface area contributed by atoms with Gasteiger partial charge < -0.3 is 5.11 Å². The second kappa shape index (κ2) is 6.72. The average Bonchev–Trinajstić information content (AvgIpc) is 2.83. The van der Waals surface area contributed by atoms with E-state index in [2.05, 4.69) is 5.10 Å². The van der Waals surface area contributed by atoms with Crippen molar-refractivity contribution in [3.63, 3.8) is 0 Å². The topological polar surface area (TPSA) is 52.9 Å². The van der Waals surface area contributed by atoms with Crippen molar-refractivity contribution >= 4 is 23.2 Å². The van der Waals surface area contributed by atoms with Crippen molar-refractivity contribution in [2.45, 2.75) is 45.0 Å². The average molecular weight is 363 g/mol. The van der Waals surface area contributed by atoms with Crippen LogP contribution in [0.4, 0.5) is 13.2 Å². The van der Waals surface area contributed by atoms with Gasteiger partial charge in [0.2, 0.25) is 0 Å². The van der Waals surface area contributed by atoms with Crippen LogP contribution < -0.4 is 0 Å². The largest absolute Gasteiger partial charge is 0.438 e. The third kappa shape index (κ3) is 3.72. The third-order valence-electron chi connectivity index (χ3n) is 3.79. The minimum absolute atomic E-state index is 0.0315. The molecule has 0 aliphatic carbocycles. The number of hydrazone groups is 1. The summed E-state index contributed by atoms with van der Waals surface area (Å²) in [6.45, 7) is 3.87. The zero-order valence-electron chi connectivity index (χ0n) is 13.3. The molecular formula is C16H18ClF3N2O2. The molecule has 0 spiro atoms. The number of carbonyl (C=O) groups excluding carboxylic acids is 1. The molecule has 1 aliphatic heterocycles. The molecule has 1 heterocycles. The summed E-state index contributed by atoms with van der Waals surface area (Å²) in [5, 5.41) is 14.4. The number of aliphatic hydroxyl groups is 1. The van der Waals surface area contributed by atoms with E-state index in [-0.39, 0.29) is 22.2 Å². The lowest BCUT2D eigenvalue weighted by Crippen LogP contribution is -2.56. The van der Waals surface area contributed by atoms with Crippen molar-refractivity contribution in [1.29, 1.82) is 0 Å². The second-order valence-electron chi connectivity index (χ2n) is 6.21. The molecule has 0 radical (unpaired) electrons. The summed E-state index contributed by atoms with van der Waals surface area (Å²) in [6, 6.07) is 5.37. The van der Waals surface area contributed by atoms with E-state index in [1.165, 1.54) is 24.3 Å². The molecule has 1 aliphatic rings. The first-order chi connectivity index (χ1) is 11.0. The zero-order valence-corrected chi connectivity index (χ0v) is 14.0. The minimum atomic E-state index is -5.02. The summed E-state index contributed by atoms with van der Waals surface area (Å²) in [5.41, 5.74) is -3.20. The van der Waals surface area contributed by atoms with Gasteiger partial charge in [0, 0.05) is 22.7 Å². The van der Waals surface area contributed by atoms with Crippen LogP contribution >= 0.6 is 11.6 Å². The third-order valence-corrected chi connectivity index (χ3v) is 4.04. The van der Waals surface area contributed by atoms with Gasteiger partial charge in [0.1, 0.15) is 0 Å². The first-order valence-corrected chi connectivity index (χ1v) is 7.88. The van der Waals surface area contributed by atoms with E-state index >= 15 is 0 Å². The molecule has 0 saturated heterocycles. The maximum absolute atomic E-state index is 13.4. The van der Waals surface area contributed by atoms with Gasteiger partial charge in [-0.3, -0.25) is 4.79 Å². The summed E-state index contributed by atoms with van der Waals surface area (Å²) >= 11 is 5.72. The summed E-state index contributed by atoms with van der Waals surface area (Å²) in [4.78, 5) is 12.4. The van der Waals surface area contributed by atoms with E-state index in [1.54, 1.807) is 0 Å². The molecule has 0 saturated carbocycles. The molecule has 4 nitrogen and oxygen atoms in total. The Hall–Kier alpha value is -1.60. The number of alkyl halides is 3. The summed E-state index contributed by atoms with van der Waals surface area (Å²) in [7, 11) is 0. The van der Waals surface area contributed by atoms with Crippen molar-refractivity contribution in [3.8, 4) is 0 Å². The molecule has 24 heavy (non-hydrogen) atoms. The molecule has 0 aromatic heterocycles. The van der Waals surface area contributed by atoms with Crippen LogP contribution in [0.3, 0.4) is 0 Å². The van der Waals surface area contributed by atoms with Gasteiger partial charge in [-0.1, -0.05) is 25.4 Å². The quantitative estimate of drug-likeness (QED) is 0.871. The molecule has 1 aromatic carbocycles. The van der Waals surface area contributed by atoms with Crippen LogP contribution in [-0.4, -0.2) is 33.6 Å². The molecule has 0 bridgehead atoms. The first kappa shape index (κ1) is 18.7. The molecule has 1 amide bonds. The van der Waals surface area contributed by atoms with Crippen LogP contribution in [0, 0.1) is 5.92 Å². The van der Waals surface area contributed by atoms with E-state index in [9.17, 15) is 23.1 Å². The van der Waals surface area contributed by atoms with Gasteiger partial charge in [0.25, 0.3) is 11.6 Å². The van der Waals surface area contributed by atoms with E-state index in [1.807, 2.05) is 13.8 Å². The fourth-order valence-corrected chi connectivity index (χ4v) is 2.49. The summed E-state index contributed by atoms with van der Waals surface area (Å²) in [6.07, 6.45) is -4.84. The van der Waals surface area contributed by atoms with Crippen LogP contribution in [-0.2, 0) is 0 Å². The molecule has 132 valence electrons. The van der Waals surface area contributed by atoms with Crippen molar-refractivity contribution < 1.29 is 23.1 Å². The number of nitrogens with zero attached hydrogens (tertiary/aromatic N) is 2. The highest BCUT2D eigenvalue weighted by Crippen LogP contribution is 2.41. The fraction of sp³-hybridized carbons (Fsp3) is 0.500. The number of carbonyl (C=O) groups is 1. The van der Waals surface area contributed by atoms with Gasteiger partial charge in [0.05, 0.1) is 0 Å². The van der Waals surface area contributed by atoms with Crippen LogP contribution in [0.2, 0.25) is 5.02 Å². The van der Waals surface area contributed by atoms with E-state index < -0.39 is 24.2 Å². The highest BCUT2D eigenvalue weighted by Gasteiger charge is 2.63. The lowest BCUT2D eigenvalue weighted by atomic mass is 9.99. The Morgan fingerprint density at radius 1 is 1.38 bits per heavy atom. The van der Waals surface area contributed by atoms with E-state index in [0.29, 0.717) is 17.9 Å². The number of hydrogen-bond acceptors (Lipinski definition) is 3. The van der Waals surface area contributed by atoms with Crippen LogP contribution in [0.5, 0.6) is 0 Å². The lowest BCUT2D eigenvalue weighted by molar-refractivity contribution is -0.297. The molecule has 8 heteroatoms. The van der Waals surface area contributed by atoms with Crippen molar-refractivity contribution in [2.75, 3.05) is 0 Å². The molecule has 1 N–H and O–H groups in total. The smallest absolute Gasteiger partial charge is 0.362 e. The highest BCUT2D eigenvalue weighted by atomic mass is 35.5. The molecular weight excluding hydrogens is 345 g/mol. The Morgan fingerprint density at radius 3 is 2.46 bits per heavy atom. The van der Waals surface area contributed by atoms with Crippen molar-refractivity contribution in [1.82, 2.24) is 5.01 Å². The predicted molar refractivity (Wildman–Crippen MR) is 84.8 cm³/mol. The zero-order chi connectivity index (χ0) is 18.1. The summed E-state index contributed by atoms with van der Waals surface area (Å²) < 4.78 is 40.1. The second-order valence-corrected chi connectivity index (χ2v) is 6.65. The van der Waals surface area contributed by atoms with Gasteiger partial charge >= 0.3 is 6.18 Å². The van der Waals surface area contributed by atoms with E-state index in [0.717, 1.165) is 0 Å². The van der Waals surface area contributed by atoms with Gasteiger partial charge in [-0.05, 0) is 43.0 Å². The summed E-state index contributed by atoms with van der Waals surface area (Å²) in [5.74, 6) is -0.751. The molecule has 1 atom stereocenters. The SMILES string of the molecule is CC(C)CCC1=NN(C(=O)c2ccc(Cl)cc2)[C@](O)(C(F)(F)F)C1. The molecule has 1 aromatic rings. The van der Waals surface area contributed by atoms with Gasteiger partial charge in [0.15, 0.2) is 0 Å². The number of benzene rings is 1. The first-order valence-electron chi connectivity index (χ1n) is 7.50.